The molecule has 70 valence electrons. The predicted octanol–water partition coefficient (Wildman–Crippen LogP) is 1.01. The zero-order valence-electron chi connectivity index (χ0n) is 7.66. The fraction of sp³-hybridized carbons (Fsp3) is 0.375. The molecule has 0 radical (unpaired) electrons. The van der Waals surface area contributed by atoms with Gasteiger partial charge in [0.1, 0.15) is 0 Å². The summed E-state index contributed by atoms with van der Waals surface area (Å²) in [6.07, 6.45) is 2.24. The number of aromatic nitrogens is 2. The maximum atomic E-state index is 10.8. The van der Waals surface area contributed by atoms with Crippen molar-refractivity contribution in [2.24, 2.45) is 10.7 Å². The van der Waals surface area contributed by atoms with Crippen molar-refractivity contribution in [3.05, 3.63) is 12.0 Å². The molecular formula is C8H12N4O. The van der Waals surface area contributed by atoms with Gasteiger partial charge in [-0.15, -0.1) is 0 Å². The van der Waals surface area contributed by atoms with Gasteiger partial charge in [0.25, 0.3) is 5.91 Å². The molecule has 1 amide bonds. The molecule has 0 bridgehead atoms. The van der Waals surface area contributed by atoms with E-state index in [2.05, 4.69) is 15.0 Å². The van der Waals surface area contributed by atoms with Gasteiger partial charge in [-0.2, -0.15) is 0 Å². The molecule has 1 aromatic heterocycles. The van der Waals surface area contributed by atoms with Crippen LogP contribution in [0.2, 0.25) is 0 Å². The van der Waals surface area contributed by atoms with E-state index in [1.165, 1.54) is 6.33 Å². The second-order valence-corrected chi connectivity index (χ2v) is 2.66. The highest BCUT2D eigenvalue weighted by Gasteiger charge is 2.09. The maximum Gasteiger partial charge on any atom is 0.271 e. The van der Waals surface area contributed by atoms with Crippen LogP contribution in [-0.2, 0) is 0 Å². The minimum Gasteiger partial charge on any atom is -0.364 e. The highest BCUT2D eigenvalue weighted by Crippen LogP contribution is 2.13. The normalized spacial score (nSPS) is 11.7. The maximum absolute atomic E-state index is 10.8. The van der Waals surface area contributed by atoms with E-state index in [9.17, 15) is 4.79 Å². The molecule has 1 heterocycles. The molecule has 0 aliphatic heterocycles. The summed E-state index contributed by atoms with van der Waals surface area (Å²) >= 11 is 0. The fourth-order valence-corrected chi connectivity index (χ4v) is 0.823. The van der Waals surface area contributed by atoms with Crippen LogP contribution in [0, 0.1) is 0 Å². The number of imidazole rings is 1. The first kappa shape index (κ1) is 9.44. The number of carbonyl (C=O) groups excluding carboxylic acids is 1. The molecular weight excluding hydrogens is 168 g/mol. The van der Waals surface area contributed by atoms with E-state index in [1.807, 2.05) is 13.8 Å². The van der Waals surface area contributed by atoms with Gasteiger partial charge in [-0.25, -0.2) is 9.98 Å². The number of aromatic amines is 1. The molecule has 3 N–H and O–H groups in total. The average molecular weight is 180 g/mol. The number of hydrogen-bond acceptors (Lipinski definition) is 3. The first-order valence-electron chi connectivity index (χ1n) is 4.02. The summed E-state index contributed by atoms with van der Waals surface area (Å²) in [4.78, 5) is 21.5. The second kappa shape index (κ2) is 3.84. The summed E-state index contributed by atoms with van der Waals surface area (Å²) in [5, 5.41) is 0. The number of nitrogens with one attached hydrogen (secondary N) is 1. The third-order valence-corrected chi connectivity index (χ3v) is 1.67. The molecule has 0 saturated carbocycles. The quantitative estimate of drug-likeness (QED) is 0.680. The molecule has 0 unspecified atom stereocenters. The molecule has 0 atom stereocenters. The van der Waals surface area contributed by atoms with Gasteiger partial charge in [0.05, 0.1) is 6.33 Å². The van der Waals surface area contributed by atoms with Gasteiger partial charge in [-0.3, -0.25) is 4.79 Å². The molecule has 0 fully saturated rings. The van der Waals surface area contributed by atoms with Crippen molar-refractivity contribution in [2.75, 3.05) is 0 Å². The summed E-state index contributed by atoms with van der Waals surface area (Å²) in [6.45, 7) is 3.87. The van der Waals surface area contributed by atoms with Crippen LogP contribution in [0.15, 0.2) is 11.3 Å². The Balaban J connectivity index is 3.01. The van der Waals surface area contributed by atoms with Crippen molar-refractivity contribution in [3.8, 4) is 0 Å². The topological polar surface area (TPSA) is 84.1 Å². The Kier molecular flexibility index (Phi) is 2.79. The van der Waals surface area contributed by atoms with E-state index in [1.54, 1.807) is 0 Å². The predicted molar refractivity (Wildman–Crippen MR) is 50.2 cm³/mol. The van der Waals surface area contributed by atoms with Crippen molar-refractivity contribution >= 4 is 17.4 Å². The van der Waals surface area contributed by atoms with Gasteiger partial charge in [0, 0.05) is 5.71 Å². The van der Waals surface area contributed by atoms with Crippen LogP contribution < -0.4 is 5.73 Å². The molecule has 1 rings (SSSR count). The van der Waals surface area contributed by atoms with Crippen molar-refractivity contribution in [3.63, 3.8) is 0 Å². The highest BCUT2D eigenvalue weighted by atomic mass is 16.1. The second-order valence-electron chi connectivity index (χ2n) is 2.66. The Morgan fingerprint density at radius 2 is 2.46 bits per heavy atom. The first-order valence-corrected chi connectivity index (χ1v) is 4.02. The highest BCUT2D eigenvalue weighted by molar-refractivity contribution is 5.96. The number of nitrogens with two attached hydrogens (primary N) is 1. The van der Waals surface area contributed by atoms with E-state index in [0.29, 0.717) is 5.82 Å². The van der Waals surface area contributed by atoms with Crippen LogP contribution in [0.1, 0.15) is 30.8 Å². The van der Waals surface area contributed by atoms with E-state index < -0.39 is 5.91 Å². The lowest BCUT2D eigenvalue weighted by Crippen LogP contribution is -2.11. The Labute approximate surface area is 76.1 Å². The summed E-state index contributed by atoms with van der Waals surface area (Å²) < 4.78 is 0. The molecule has 1 aromatic rings. The molecule has 13 heavy (non-hydrogen) atoms. The Hall–Kier alpha value is -1.65. The van der Waals surface area contributed by atoms with Crippen LogP contribution in [0.5, 0.6) is 0 Å². The zero-order chi connectivity index (χ0) is 9.84. The SMILES string of the molecule is CC/C(C)=N\c1[nH]cnc1C(N)=O. The third kappa shape index (κ3) is 2.14. The monoisotopic (exact) mass is 180 g/mol. The molecule has 0 saturated heterocycles. The lowest BCUT2D eigenvalue weighted by atomic mass is 10.3. The fourth-order valence-electron chi connectivity index (χ4n) is 0.823. The van der Waals surface area contributed by atoms with Crippen LogP contribution >= 0.6 is 0 Å². The van der Waals surface area contributed by atoms with Gasteiger partial charge in [0.2, 0.25) is 0 Å². The average Bonchev–Trinajstić information content (AvgIpc) is 2.52. The number of primary amides is 1. The number of H-pyrrole nitrogens is 1. The number of rotatable bonds is 3. The standard InChI is InChI=1S/C8H12N4O/c1-3-5(2)12-8-6(7(9)13)10-4-11-8/h4H,3H2,1-2H3,(H2,9,13)(H,10,11)/b12-5-. The molecule has 0 spiro atoms. The number of aliphatic imine (C=N–C) groups is 1. The molecule has 5 nitrogen and oxygen atoms in total. The van der Waals surface area contributed by atoms with Crippen molar-refractivity contribution in [1.29, 1.82) is 0 Å². The molecule has 0 aliphatic carbocycles. The third-order valence-electron chi connectivity index (χ3n) is 1.67. The lowest BCUT2D eigenvalue weighted by molar-refractivity contribution is 0.0997. The summed E-state index contributed by atoms with van der Waals surface area (Å²) in [5.41, 5.74) is 6.20. The number of carbonyl (C=O) groups is 1. The molecule has 0 aliphatic rings. The summed E-state index contributed by atoms with van der Waals surface area (Å²) in [6, 6.07) is 0. The van der Waals surface area contributed by atoms with E-state index in [4.69, 9.17) is 5.73 Å². The largest absolute Gasteiger partial charge is 0.364 e. The van der Waals surface area contributed by atoms with Crippen molar-refractivity contribution in [2.45, 2.75) is 20.3 Å². The minimum atomic E-state index is -0.566. The van der Waals surface area contributed by atoms with E-state index >= 15 is 0 Å². The molecule has 5 heteroatoms. The first-order chi connectivity index (χ1) is 6.15. The van der Waals surface area contributed by atoms with Crippen LogP contribution in [0.25, 0.3) is 0 Å². The van der Waals surface area contributed by atoms with E-state index in [0.717, 1.165) is 12.1 Å². The Morgan fingerprint density at radius 3 is 3.00 bits per heavy atom. The molecule has 0 aromatic carbocycles. The van der Waals surface area contributed by atoms with Gasteiger partial charge in [-0.1, -0.05) is 6.92 Å². The van der Waals surface area contributed by atoms with E-state index in [-0.39, 0.29) is 5.69 Å². The lowest BCUT2D eigenvalue weighted by Gasteiger charge is -1.94. The van der Waals surface area contributed by atoms with Gasteiger partial charge >= 0.3 is 0 Å². The Bertz CT molecular complexity index is 340. The van der Waals surface area contributed by atoms with Crippen LogP contribution in [0.3, 0.4) is 0 Å². The summed E-state index contributed by atoms with van der Waals surface area (Å²) in [7, 11) is 0. The Morgan fingerprint density at radius 1 is 1.77 bits per heavy atom. The zero-order valence-corrected chi connectivity index (χ0v) is 7.66. The van der Waals surface area contributed by atoms with Gasteiger partial charge in [0.15, 0.2) is 11.5 Å². The van der Waals surface area contributed by atoms with Crippen LogP contribution in [0.4, 0.5) is 5.82 Å². The van der Waals surface area contributed by atoms with Crippen molar-refractivity contribution < 1.29 is 4.79 Å². The van der Waals surface area contributed by atoms with Crippen LogP contribution in [-0.4, -0.2) is 21.6 Å². The number of hydrogen-bond donors (Lipinski definition) is 2. The van der Waals surface area contributed by atoms with Gasteiger partial charge in [-0.05, 0) is 13.3 Å². The summed E-state index contributed by atoms with van der Waals surface area (Å²) in [5.74, 6) is -0.129. The van der Waals surface area contributed by atoms with Gasteiger partial charge < -0.3 is 10.7 Å². The number of nitrogens with zero attached hydrogens (tertiary/aromatic N) is 2. The number of amides is 1. The smallest absolute Gasteiger partial charge is 0.271 e. The minimum absolute atomic E-state index is 0.188. The van der Waals surface area contributed by atoms with Crippen molar-refractivity contribution in [1.82, 2.24) is 9.97 Å².